The predicted molar refractivity (Wildman–Crippen MR) is 122 cm³/mol. The summed E-state index contributed by atoms with van der Waals surface area (Å²) in [4.78, 5) is 11.5. The third-order valence-electron chi connectivity index (χ3n) is 6.11. The molecule has 1 unspecified atom stereocenters. The minimum absolute atomic E-state index is 0.111. The van der Waals surface area contributed by atoms with E-state index < -0.39 is 5.97 Å². The van der Waals surface area contributed by atoms with Crippen LogP contribution in [0.15, 0.2) is 36.4 Å². The molecule has 168 valence electrons. The Balaban J connectivity index is 1.51. The molecule has 5 nitrogen and oxygen atoms in total. The lowest BCUT2D eigenvalue weighted by atomic mass is 9.85. The van der Waals surface area contributed by atoms with Crippen molar-refractivity contribution in [2.24, 2.45) is 5.92 Å². The molecule has 0 saturated heterocycles. The lowest BCUT2D eigenvalue weighted by Gasteiger charge is -2.19. The van der Waals surface area contributed by atoms with Crippen LogP contribution < -0.4 is 14.2 Å². The highest BCUT2D eigenvalue weighted by atomic mass is 16.5. The smallest absolute Gasteiger partial charge is 0.307 e. The lowest BCUT2D eigenvalue weighted by Crippen LogP contribution is -2.19. The van der Waals surface area contributed by atoms with E-state index in [0.717, 1.165) is 54.9 Å². The quantitative estimate of drug-likeness (QED) is 0.445. The molecule has 0 bridgehead atoms. The SMILES string of the molecule is CCCc1c(OC)cccc1OCCCOc1ccc2c(c1)CC[C@H]2C(CC)C(=O)O. The number of benzene rings is 2. The number of methoxy groups -OCH3 is 1. The van der Waals surface area contributed by atoms with E-state index >= 15 is 0 Å². The normalized spacial score (nSPS) is 15.9. The van der Waals surface area contributed by atoms with Crippen LogP contribution in [0.1, 0.15) is 62.1 Å². The summed E-state index contributed by atoms with van der Waals surface area (Å²) >= 11 is 0. The van der Waals surface area contributed by atoms with Crippen LogP contribution >= 0.6 is 0 Å². The van der Waals surface area contributed by atoms with Gasteiger partial charge in [-0.1, -0.05) is 32.4 Å². The highest BCUT2D eigenvalue weighted by Gasteiger charge is 2.33. The van der Waals surface area contributed by atoms with Crippen molar-refractivity contribution in [3.63, 3.8) is 0 Å². The van der Waals surface area contributed by atoms with Crippen molar-refractivity contribution in [1.29, 1.82) is 0 Å². The summed E-state index contributed by atoms with van der Waals surface area (Å²) in [5.74, 6) is 1.71. The van der Waals surface area contributed by atoms with Gasteiger partial charge in [0, 0.05) is 12.0 Å². The Kier molecular flexibility index (Phi) is 8.21. The Bertz CT molecular complexity index is 876. The van der Waals surface area contributed by atoms with Gasteiger partial charge in [-0.25, -0.2) is 0 Å². The lowest BCUT2D eigenvalue weighted by molar-refractivity contribution is -0.142. The van der Waals surface area contributed by atoms with Crippen LogP contribution in [0.3, 0.4) is 0 Å². The summed E-state index contributed by atoms with van der Waals surface area (Å²) in [6.45, 7) is 5.25. The van der Waals surface area contributed by atoms with Crippen molar-refractivity contribution in [2.45, 2.75) is 58.3 Å². The van der Waals surface area contributed by atoms with Crippen LogP contribution in [-0.4, -0.2) is 31.4 Å². The van der Waals surface area contributed by atoms with Gasteiger partial charge in [0.05, 0.1) is 26.2 Å². The summed E-state index contributed by atoms with van der Waals surface area (Å²) in [7, 11) is 1.69. The summed E-state index contributed by atoms with van der Waals surface area (Å²) < 4.78 is 17.4. The predicted octanol–water partition coefficient (Wildman–Crippen LogP) is 5.64. The molecule has 31 heavy (non-hydrogen) atoms. The third-order valence-corrected chi connectivity index (χ3v) is 6.11. The number of ether oxygens (including phenoxy) is 3. The Hall–Kier alpha value is -2.69. The van der Waals surface area contributed by atoms with Crippen LogP contribution in [-0.2, 0) is 17.6 Å². The van der Waals surface area contributed by atoms with Crippen molar-refractivity contribution in [2.75, 3.05) is 20.3 Å². The van der Waals surface area contributed by atoms with Crippen LogP contribution in [0.2, 0.25) is 0 Å². The average Bonchev–Trinajstić information content (AvgIpc) is 3.18. The van der Waals surface area contributed by atoms with Crippen LogP contribution in [0.5, 0.6) is 17.2 Å². The van der Waals surface area contributed by atoms with Gasteiger partial charge >= 0.3 is 5.97 Å². The number of carboxylic acid groups (broad SMARTS) is 1. The number of aliphatic carboxylic acids is 1. The number of hydrogen-bond acceptors (Lipinski definition) is 4. The Morgan fingerprint density at radius 2 is 1.90 bits per heavy atom. The minimum atomic E-state index is -0.696. The van der Waals surface area contributed by atoms with E-state index in [1.165, 1.54) is 11.1 Å². The van der Waals surface area contributed by atoms with Gasteiger partial charge in [0.15, 0.2) is 0 Å². The van der Waals surface area contributed by atoms with E-state index in [1.807, 2.05) is 31.2 Å². The molecule has 2 atom stereocenters. The number of carbonyl (C=O) groups is 1. The summed E-state index contributed by atoms with van der Waals surface area (Å²) in [6, 6.07) is 12.0. The van der Waals surface area contributed by atoms with E-state index in [-0.39, 0.29) is 11.8 Å². The standard InChI is InChI=1S/C26H34O5/c1-4-8-23-24(29-3)9-6-10-25(23)31-16-7-15-30-19-12-14-21-18(17-19)11-13-22(21)20(5-2)26(27)28/h6,9-10,12,14,17,20,22H,4-5,7-8,11,13,15-16H2,1-3H3,(H,27,28)/t20?,22-/m0/s1. The highest BCUT2D eigenvalue weighted by Crippen LogP contribution is 2.41. The molecular formula is C26H34O5. The summed E-state index contributed by atoms with van der Waals surface area (Å²) in [6.07, 6.45) is 5.21. The zero-order valence-electron chi connectivity index (χ0n) is 18.9. The van der Waals surface area contributed by atoms with Crippen molar-refractivity contribution in [3.05, 3.63) is 53.1 Å². The number of rotatable bonds is 12. The molecule has 0 amide bonds. The minimum Gasteiger partial charge on any atom is -0.496 e. The van der Waals surface area contributed by atoms with Gasteiger partial charge in [-0.3, -0.25) is 4.79 Å². The van der Waals surface area contributed by atoms with Crippen molar-refractivity contribution < 1.29 is 24.1 Å². The van der Waals surface area contributed by atoms with E-state index in [1.54, 1.807) is 7.11 Å². The van der Waals surface area contributed by atoms with E-state index in [4.69, 9.17) is 14.2 Å². The molecule has 0 heterocycles. The fourth-order valence-corrected chi connectivity index (χ4v) is 4.57. The highest BCUT2D eigenvalue weighted by molar-refractivity contribution is 5.72. The Morgan fingerprint density at radius 3 is 2.61 bits per heavy atom. The van der Waals surface area contributed by atoms with Crippen molar-refractivity contribution in [3.8, 4) is 17.2 Å². The van der Waals surface area contributed by atoms with E-state index in [0.29, 0.717) is 19.6 Å². The summed E-state index contributed by atoms with van der Waals surface area (Å²) in [5, 5.41) is 9.50. The molecule has 0 aliphatic heterocycles. The Labute approximate surface area is 185 Å². The first-order valence-electron chi connectivity index (χ1n) is 11.4. The molecule has 5 heteroatoms. The van der Waals surface area contributed by atoms with Gasteiger partial charge in [0.25, 0.3) is 0 Å². The van der Waals surface area contributed by atoms with Crippen molar-refractivity contribution in [1.82, 2.24) is 0 Å². The Morgan fingerprint density at radius 1 is 1.13 bits per heavy atom. The molecular weight excluding hydrogens is 392 g/mol. The second kappa shape index (κ2) is 11.1. The van der Waals surface area contributed by atoms with Gasteiger partial charge < -0.3 is 19.3 Å². The second-order valence-electron chi connectivity index (χ2n) is 8.10. The van der Waals surface area contributed by atoms with E-state index in [9.17, 15) is 9.90 Å². The molecule has 1 aliphatic rings. The van der Waals surface area contributed by atoms with Gasteiger partial charge in [-0.05, 0) is 67.0 Å². The topological polar surface area (TPSA) is 65.0 Å². The van der Waals surface area contributed by atoms with Gasteiger partial charge in [0.1, 0.15) is 17.2 Å². The van der Waals surface area contributed by atoms with Crippen LogP contribution in [0.4, 0.5) is 0 Å². The molecule has 2 aromatic carbocycles. The van der Waals surface area contributed by atoms with Gasteiger partial charge in [-0.2, -0.15) is 0 Å². The number of fused-ring (bicyclic) bond motifs is 1. The zero-order valence-corrected chi connectivity index (χ0v) is 18.9. The molecule has 1 N–H and O–H groups in total. The molecule has 1 aliphatic carbocycles. The molecule has 0 aromatic heterocycles. The maximum Gasteiger partial charge on any atom is 0.307 e. The second-order valence-corrected chi connectivity index (χ2v) is 8.10. The monoisotopic (exact) mass is 426 g/mol. The average molecular weight is 427 g/mol. The first-order valence-corrected chi connectivity index (χ1v) is 11.4. The zero-order chi connectivity index (χ0) is 22.2. The number of aryl methyl sites for hydroxylation is 1. The maximum atomic E-state index is 11.5. The molecule has 3 rings (SSSR count). The third kappa shape index (κ3) is 5.52. The number of carboxylic acids is 1. The number of hydrogen-bond donors (Lipinski definition) is 1. The summed E-state index contributed by atoms with van der Waals surface area (Å²) in [5.41, 5.74) is 3.51. The molecule has 0 fully saturated rings. The molecule has 2 aromatic rings. The first-order chi connectivity index (χ1) is 15.1. The van der Waals surface area contributed by atoms with Gasteiger partial charge in [-0.15, -0.1) is 0 Å². The van der Waals surface area contributed by atoms with E-state index in [2.05, 4.69) is 19.1 Å². The molecule has 0 radical (unpaired) electrons. The largest absolute Gasteiger partial charge is 0.496 e. The fourth-order valence-electron chi connectivity index (χ4n) is 4.57. The molecule has 0 spiro atoms. The molecule has 0 saturated carbocycles. The van der Waals surface area contributed by atoms with Crippen LogP contribution in [0, 0.1) is 5.92 Å². The fraction of sp³-hybridized carbons (Fsp3) is 0.500. The van der Waals surface area contributed by atoms with Gasteiger partial charge in [0.2, 0.25) is 0 Å². The maximum absolute atomic E-state index is 11.5. The van der Waals surface area contributed by atoms with Crippen molar-refractivity contribution >= 4 is 5.97 Å². The van der Waals surface area contributed by atoms with Crippen LogP contribution in [0.25, 0.3) is 0 Å². The first kappa shape index (κ1) is 23.0.